The maximum atomic E-state index is 12.3. The number of aliphatic hydroxyl groups excluding tert-OH is 1. The molecule has 1 N–H and O–H groups in total. The van der Waals surface area contributed by atoms with Crippen molar-refractivity contribution in [1.82, 2.24) is 0 Å². The lowest BCUT2D eigenvalue weighted by Crippen LogP contribution is -2.28. The minimum atomic E-state index is -0.771. The minimum Gasteiger partial charge on any atom is -0.462 e. The Bertz CT molecular complexity index is 1050. The number of carbonyl (C=O) groups is 2. The fourth-order valence-corrected chi connectivity index (χ4v) is 8.94. The van der Waals surface area contributed by atoms with Gasteiger partial charge in [-0.1, -0.05) is 275 Å². The molecule has 1 atom stereocenters. The van der Waals surface area contributed by atoms with Crippen molar-refractivity contribution in [3.05, 3.63) is 36.5 Å². The standard InChI is InChI=1S/C61H114O5/c1-3-5-7-9-11-13-15-17-19-21-23-25-26-27-28-29-30-31-32-33-34-36-38-40-42-44-46-48-50-52-54-56-61(64)66-59(57-62)58-65-60(63)55-53-51-49-47-45-43-41-39-37-35-24-22-20-18-16-14-12-10-8-6-4-2/h15,17,21-24,59,62H,3-14,16,18-20,25-58H2,1-2H3/b17-15-,23-21-,24-22-. The first-order chi connectivity index (χ1) is 32.6. The van der Waals surface area contributed by atoms with E-state index >= 15 is 0 Å². The third kappa shape index (κ3) is 54.7. The van der Waals surface area contributed by atoms with Crippen LogP contribution in [-0.4, -0.2) is 36.4 Å². The lowest BCUT2D eigenvalue weighted by molar-refractivity contribution is -0.161. The number of allylic oxidation sites excluding steroid dienone is 6. The summed E-state index contributed by atoms with van der Waals surface area (Å²) in [5.74, 6) is -0.576. The third-order valence-electron chi connectivity index (χ3n) is 13.4. The first kappa shape index (κ1) is 64.1. The van der Waals surface area contributed by atoms with Crippen molar-refractivity contribution >= 4 is 11.9 Å². The number of hydrogen-bond donors (Lipinski definition) is 1. The summed E-state index contributed by atoms with van der Waals surface area (Å²) in [5, 5.41) is 9.66. The van der Waals surface area contributed by atoms with E-state index in [2.05, 4.69) is 50.3 Å². The van der Waals surface area contributed by atoms with E-state index in [4.69, 9.17) is 9.47 Å². The van der Waals surface area contributed by atoms with Crippen LogP contribution in [0.15, 0.2) is 36.5 Å². The van der Waals surface area contributed by atoms with Crippen molar-refractivity contribution < 1.29 is 24.2 Å². The van der Waals surface area contributed by atoms with Gasteiger partial charge in [-0.05, 0) is 70.6 Å². The molecule has 0 aromatic carbocycles. The average Bonchev–Trinajstić information content (AvgIpc) is 3.32. The van der Waals surface area contributed by atoms with Crippen molar-refractivity contribution in [2.45, 2.75) is 328 Å². The summed E-state index contributed by atoms with van der Waals surface area (Å²) in [6.07, 6.45) is 74.2. The zero-order valence-corrected chi connectivity index (χ0v) is 44.5. The molecule has 0 rings (SSSR count). The Morgan fingerprint density at radius 3 is 0.909 bits per heavy atom. The molecule has 0 fully saturated rings. The zero-order valence-electron chi connectivity index (χ0n) is 44.5. The highest BCUT2D eigenvalue weighted by Gasteiger charge is 2.16. The highest BCUT2D eigenvalue weighted by atomic mass is 16.6. The van der Waals surface area contributed by atoms with Crippen LogP contribution in [0.3, 0.4) is 0 Å². The minimum absolute atomic E-state index is 0.0623. The normalized spacial score (nSPS) is 12.3. The van der Waals surface area contributed by atoms with Gasteiger partial charge in [-0.3, -0.25) is 9.59 Å². The Kier molecular flexibility index (Phi) is 55.8. The summed E-state index contributed by atoms with van der Waals surface area (Å²) in [4.78, 5) is 24.5. The molecule has 0 saturated heterocycles. The molecule has 5 heteroatoms. The summed E-state index contributed by atoms with van der Waals surface area (Å²) >= 11 is 0. The topological polar surface area (TPSA) is 72.8 Å². The smallest absolute Gasteiger partial charge is 0.306 e. The summed E-state index contributed by atoms with van der Waals surface area (Å²) in [5.41, 5.74) is 0. The molecular weight excluding hydrogens is 813 g/mol. The van der Waals surface area contributed by atoms with Crippen LogP contribution in [0, 0.1) is 0 Å². The van der Waals surface area contributed by atoms with Crippen LogP contribution < -0.4 is 0 Å². The van der Waals surface area contributed by atoms with Gasteiger partial charge in [0.1, 0.15) is 6.61 Å². The molecule has 0 aliphatic rings. The summed E-state index contributed by atoms with van der Waals surface area (Å²) in [6, 6.07) is 0. The molecule has 0 radical (unpaired) electrons. The fraction of sp³-hybridized carbons (Fsp3) is 0.869. The van der Waals surface area contributed by atoms with Gasteiger partial charge in [-0.2, -0.15) is 0 Å². The van der Waals surface area contributed by atoms with Crippen LogP contribution in [0.25, 0.3) is 0 Å². The SMILES string of the molecule is CCCCCCC/C=C\C/C=C\CCCCCCCCCCCCCCCCCCCCCC(=O)OC(CO)COC(=O)CCCCCCCCCCC/C=C\CCCCCCCCCC. The molecule has 0 aliphatic carbocycles. The average molecular weight is 928 g/mol. The van der Waals surface area contributed by atoms with Crippen molar-refractivity contribution in [2.75, 3.05) is 13.2 Å². The number of hydrogen-bond acceptors (Lipinski definition) is 5. The monoisotopic (exact) mass is 927 g/mol. The van der Waals surface area contributed by atoms with Crippen LogP contribution in [0.2, 0.25) is 0 Å². The van der Waals surface area contributed by atoms with Gasteiger partial charge in [0, 0.05) is 12.8 Å². The van der Waals surface area contributed by atoms with Crippen molar-refractivity contribution in [3.63, 3.8) is 0 Å². The van der Waals surface area contributed by atoms with Crippen molar-refractivity contribution in [2.24, 2.45) is 0 Å². The molecule has 0 heterocycles. The molecule has 66 heavy (non-hydrogen) atoms. The van der Waals surface area contributed by atoms with Crippen LogP contribution in [0.1, 0.15) is 322 Å². The van der Waals surface area contributed by atoms with E-state index in [0.29, 0.717) is 12.8 Å². The van der Waals surface area contributed by atoms with Crippen molar-refractivity contribution in [3.8, 4) is 0 Å². The zero-order chi connectivity index (χ0) is 47.7. The first-order valence-corrected chi connectivity index (χ1v) is 29.5. The predicted octanol–water partition coefficient (Wildman–Crippen LogP) is 19.9. The van der Waals surface area contributed by atoms with E-state index < -0.39 is 6.10 Å². The summed E-state index contributed by atoms with van der Waals surface area (Å²) in [7, 11) is 0. The maximum Gasteiger partial charge on any atom is 0.306 e. The Morgan fingerprint density at radius 1 is 0.348 bits per heavy atom. The number of unbranched alkanes of at least 4 members (excludes halogenated alkanes) is 41. The molecule has 0 bridgehead atoms. The first-order valence-electron chi connectivity index (χ1n) is 29.5. The summed E-state index contributed by atoms with van der Waals surface area (Å²) in [6.45, 7) is 4.17. The molecule has 388 valence electrons. The lowest BCUT2D eigenvalue weighted by Gasteiger charge is -2.15. The van der Waals surface area contributed by atoms with Gasteiger partial charge in [-0.25, -0.2) is 0 Å². The van der Waals surface area contributed by atoms with Gasteiger partial charge in [0.25, 0.3) is 0 Å². The number of rotatable bonds is 55. The maximum absolute atomic E-state index is 12.3. The van der Waals surface area contributed by atoms with E-state index in [9.17, 15) is 14.7 Å². The van der Waals surface area contributed by atoms with E-state index in [1.54, 1.807) is 0 Å². The summed E-state index contributed by atoms with van der Waals surface area (Å²) < 4.78 is 10.7. The number of aliphatic hydroxyl groups is 1. The van der Waals surface area contributed by atoms with Gasteiger partial charge in [-0.15, -0.1) is 0 Å². The van der Waals surface area contributed by atoms with Gasteiger partial charge in [0.15, 0.2) is 6.10 Å². The molecule has 1 unspecified atom stereocenters. The fourth-order valence-electron chi connectivity index (χ4n) is 8.94. The Hall–Kier alpha value is -1.88. The lowest BCUT2D eigenvalue weighted by atomic mass is 10.0. The third-order valence-corrected chi connectivity index (χ3v) is 13.4. The van der Waals surface area contributed by atoms with Gasteiger partial charge >= 0.3 is 11.9 Å². The molecule has 0 aromatic heterocycles. The predicted molar refractivity (Wildman–Crippen MR) is 288 cm³/mol. The van der Waals surface area contributed by atoms with Gasteiger partial charge in [0.2, 0.25) is 0 Å². The Labute approximate surface area is 412 Å². The molecular formula is C61H114O5. The quantitative estimate of drug-likeness (QED) is 0.0374. The van der Waals surface area contributed by atoms with Gasteiger partial charge < -0.3 is 14.6 Å². The number of esters is 2. The molecule has 0 aromatic rings. The van der Waals surface area contributed by atoms with E-state index in [0.717, 1.165) is 44.9 Å². The largest absolute Gasteiger partial charge is 0.462 e. The van der Waals surface area contributed by atoms with E-state index in [-0.39, 0.29) is 25.2 Å². The molecule has 5 nitrogen and oxygen atoms in total. The van der Waals surface area contributed by atoms with Crippen LogP contribution in [-0.2, 0) is 19.1 Å². The van der Waals surface area contributed by atoms with E-state index in [1.165, 1.54) is 250 Å². The number of ether oxygens (including phenoxy) is 2. The van der Waals surface area contributed by atoms with Gasteiger partial charge in [0.05, 0.1) is 6.61 Å². The van der Waals surface area contributed by atoms with Crippen LogP contribution >= 0.6 is 0 Å². The van der Waals surface area contributed by atoms with E-state index in [1.807, 2.05) is 0 Å². The molecule has 0 spiro atoms. The van der Waals surface area contributed by atoms with Crippen LogP contribution in [0.4, 0.5) is 0 Å². The highest BCUT2D eigenvalue weighted by molar-refractivity contribution is 5.70. The Morgan fingerprint density at radius 2 is 0.606 bits per heavy atom. The van der Waals surface area contributed by atoms with Crippen LogP contribution in [0.5, 0.6) is 0 Å². The second kappa shape index (κ2) is 57.4. The second-order valence-corrected chi connectivity index (χ2v) is 20.1. The molecule has 0 amide bonds. The second-order valence-electron chi connectivity index (χ2n) is 20.1. The van der Waals surface area contributed by atoms with Crippen molar-refractivity contribution in [1.29, 1.82) is 0 Å². The Balaban J connectivity index is 3.42. The molecule has 0 saturated carbocycles. The number of carbonyl (C=O) groups excluding carboxylic acids is 2. The highest BCUT2D eigenvalue weighted by Crippen LogP contribution is 2.17. The molecule has 0 aliphatic heterocycles.